The number of benzene rings is 1. The van der Waals surface area contributed by atoms with E-state index >= 15 is 0 Å². The van der Waals surface area contributed by atoms with E-state index in [9.17, 15) is 18.0 Å². The highest BCUT2D eigenvalue weighted by atomic mass is 32.2. The highest BCUT2D eigenvalue weighted by Crippen LogP contribution is 2.24. The molecule has 10 nitrogen and oxygen atoms in total. The molecule has 34 heavy (non-hydrogen) atoms. The third-order valence-corrected chi connectivity index (χ3v) is 7.29. The molecule has 11 heteroatoms. The Labute approximate surface area is 197 Å². The standard InChI is InChI=1S/C23H26N4O6S/c1-2-10-33-23-16(4-3-7-24-23)15-25-22(29)19-14-21(28)26-20-6-5-17(13-18(19)20)34(30,31)27-8-11-32-12-9-27/h3-7,13-14H,2,8-12,15H2,1H3,(H,25,29)(H,26,28). The van der Waals surface area contributed by atoms with Crippen molar-refractivity contribution >= 4 is 26.8 Å². The van der Waals surface area contributed by atoms with Gasteiger partial charge < -0.3 is 19.8 Å². The Bertz CT molecular complexity index is 1350. The predicted molar refractivity (Wildman–Crippen MR) is 125 cm³/mol. The average molecular weight is 487 g/mol. The molecule has 1 saturated heterocycles. The van der Waals surface area contributed by atoms with Crippen molar-refractivity contribution in [2.24, 2.45) is 0 Å². The number of nitrogens with zero attached hydrogens (tertiary/aromatic N) is 2. The first-order valence-electron chi connectivity index (χ1n) is 11.0. The number of nitrogens with one attached hydrogen (secondary N) is 2. The van der Waals surface area contributed by atoms with Crippen molar-refractivity contribution in [2.75, 3.05) is 32.9 Å². The molecule has 3 heterocycles. The molecule has 0 aliphatic carbocycles. The molecule has 0 atom stereocenters. The summed E-state index contributed by atoms with van der Waals surface area (Å²) < 4.78 is 38.4. The lowest BCUT2D eigenvalue weighted by molar-refractivity contribution is 0.0730. The lowest BCUT2D eigenvalue weighted by Crippen LogP contribution is -2.40. The first-order valence-corrected chi connectivity index (χ1v) is 12.4. The molecule has 0 saturated carbocycles. The summed E-state index contributed by atoms with van der Waals surface area (Å²) in [7, 11) is -3.77. The van der Waals surface area contributed by atoms with E-state index in [-0.39, 0.29) is 30.1 Å². The largest absolute Gasteiger partial charge is 0.477 e. The molecule has 0 unspecified atom stereocenters. The Morgan fingerprint density at radius 3 is 2.79 bits per heavy atom. The Morgan fingerprint density at radius 1 is 1.24 bits per heavy atom. The van der Waals surface area contributed by atoms with Gasteiger partial charge in [-0.15, -0.1) is 0 Å². The normalized spacial score (nSPS) is 14.7. The average Bonchev–Trinajstić information content (AvgIpc) is 2.86. The molecule has 0 spiro atoms. The molecule has 180 valence electrons. The number of carbonyl (C=O) groups is 1. The third-order valence-electron chi connectivity index (χ3n) is 5.40. The van der Waals surface area contributed by atoms with Crippen molar-refractivity contribution in [3.05, 3.63) is 64.1 Å². The smallest absolute Gasteiger partial charge is 0.252 e. The summed E-state index contributed by atoms with van der Waals surface area (Å²) in [6, 6.07) is 9.05. The summed E-state index contributed by atoms with van der Waals surface area (Å²) in [5.41, 5.74) is 0.674. The number of hydrogen-bond donors (Lipinski definition) is 2. The number of carbonyl (C=O) groups excluding carboxylic acids is 1. The van der Waals surface area contributed by atoms with E-state index in [0.29, 0.717) is 42.2 Å². The van der Waals surface area contributed by atoms with E-state index in [1.54, 1.807) is 18.3 Å². The van der Waals surface area contributed by atoms with Crippen LogP contribution in [-0.2, 0) is 21.3 Å². The van der Waals surface area contributed by atoms with Gasteiger partial charge in [-0.05, 0) is 30.7 Å². The fraction of sp³-hybridized carbons (Fsp3) is 0.348. The third kappa shape index (κ3) is 5.11. The maximum Gasteiger partial charge on any atom is 0.252 e. The van der Waals surface area contributed by atoms with Crippen molar-refractivity contribution < 1.29 is 22.7 Å². The topological polar surface area (TPSA) is 131 Å². The van der Waals surface area contributed by atoms with Crippen LogP contribution < -0.4 is 15.6 Å². The van der Waals surface area contributed by atoms with Crippen LogP contribution >= 0.6 is 0 Å². The summed E-state index contributed by atoms with van der Waals surface area (Å²) in [4.78, 5) is 32.2. The zero-order valence-corrected chi connectivity index (χ0v) is 19.6. The quantitative estimate of drug-likeness (QED) is 0.495. The van der Waals surface area contributed by atoms with Gasteiger partial charge in [-0.1, -0.05) is 13.0 Å². The van der Waals surface area contributed by atoms with E-state index in [2.05, 4.69) is 15.3 Å². The van der Waals surface area contributed by atoms with Crippen molar-refractivity contribution in [3.63, 3.8) is 0 Å². The molecule has 3 aromatic rings. The maximum atomic E-state index is 13.1. The second-order valence-electron chi connectivity index (χ2n) is 7.77. The zero-order valence-electron chi connectivity index (χ0n) is 18.7. The van der Waals surface area contributed by atoms with Crippen LogP contribution in [-0.4, -0.2) is 61.5 Å². The Kier molecular flexibility index (Phi) is 7.25. The maximum absolute atomic E-state index is 13.1. The number of aromatic amines is 1. The van der Waals surface area contributed by atoms with Crippen LogP contribution in [0.4, 0.5) is 0 Å². The molecule has 4 rings (SSSR count). The second kappa shape index (κ2) is 10.3. The summed E-state index contributed by atoms with van der Waals surface area (Å²) in [6.45, 7) is 3.77. The summed E-state index contributed by atoms with van der Waals surface area (Å²) in [5.74, 6) is -0.0818. The minimum atomic E-state index is -3.77. The molecule has 1 aromatic carbocycles. The number of hydrogen-bond acceptors (Lipinski definition) is 7. The fourth-order valence-electron chi connectivity index (χ4n) is 3.68. The number of H-pyrrole nitrogens is 1. The van der Waals surface area contributed by atoms with Crippen molar-refractivity contribution in [1.82, 2.24) is 19.6 Å². The van der Waals surface area contributed by atoms with Crippen LogP contribution in [0.2, 0.25) is 0 Å². The molecule has 0 bridgehead atoms. The highest BCUT2D eigenvalue weighted by Gasteiger charge is 2.27. The number of pyridine rings is 2. The molecule has 0 radical (unpaired) electrons. The van der Waals surface area contributed by atoms with E-state index in [1.807, 2.05) is 6.92 Å². The van der Waals surface area contributed by atoms with Gasteiger partial charge in [0.05, 0.1) is 30.3 Å². The first kappa shape index (κ1) is 23.9. The number of ether oxygens (including phenoxy) is 2. The van der Waals surface area contributed by atoms with Gasteiger partial charge >= 0.3 is 0 Å². The van der Waals surface area contributed by atoms with Gasteiger partial charge in [0, 0.05) is 48.4 Å². The molecule has 2 aromatic heterocycles. The Balaban J connectivity index is 1.64. The number of morpholine rings is 1. The molecule has 2 N–H and O–H groups in total. The van der Waals surface area contributed by atoms with E-state index in [0.717, 1.165) is 6.42 Å². The van der Waals surface area contributed by atoms with Gasteiger partial charge in [-0.25, -0.2) is 13.4 Å². The number of amides is 1. The van der Waals surface area contributed by atoms with Crippen molar-refractivity contribution in [1.29, 1.82) is 0 Å². The zero-order chi connectivity index (χ0) is 24.1. The van der Waals surface area contributed by atoms with Crippen molar-refractivity contribution in [2.45, 2.75) is 24.8 Å². The second-order valence-corrected chi connectivity index (χ2v) is 9.71. The lowest BCUT2D eigenvalue weighted by atomic mass is 10.1. The summed E-state index contributed by atoms with van der Waals surface area (Å²) >= 11 is 0. The molecule has 1 aliphatic rings. The van der Waals surface area contributed by atoms with Crippen LogP contribution in [0.3, 0.4) is 0 Å². The van der Waals surface area contributed by atoms with E-state index in [4.69, 9.17) is 9.47 Å². The van der Waals surface area contributed by atoms with Crippen molar-refractivity contribution in [3.8, 4) is 5.88 Å². The SMILES string of the molecule is CCCOc1ncccc1CNC(=O)c1cc(=O)[nH]c2ccc(S(=O)(=O)N3CCOCC3)cc12. The minimum absolute atomic E-state index is 0.0468. The van der Waals surface area contributed by atoms with Gasteiger partial charge in [0.25, 0.3) is 5.91 Å². The van der Waals surface area contributed by atoms with Crippen LogP contribution in [0.25, 0.3) is 10.9 Å². The number of aromatic nitrogens is 2. The van der Waals surface area contributed by atoms with Gasteiger partial charge in [-0.2, -0.15) is 4.31 Å². The van der Waals surface area contributed by atoms with E-state index < -0.39 is 21.5 Å². The van der Waals surface area contributed by atoms with Crippen LogP contribution in [0.15, 0.2) is 52.3 Å². The number of sulfonamides is 1. The molecule has 1 amide bonds. The van der Waals surface area contributed by atoms with Gasteiger partial charge in [0.15, 0.2) is 0 Å². The molecule has 1 aliphatic heterocycles. The minimum Gasteiger partial charge on any atom is -0.477 e. The van der Waals surface area contributed by atoms with Gasteiger partial charge in [0.1, 0.15) is 0 Å². The molecular formula is C23H26N4O6S. The Hall–Kier alpha value is -3.28. The van der Waals surface area contributed by atoms with Gasteiger partial charge in [-0.3, -0.25) is 9.59 Å². The lowest BCUT2D eigenvalue weighted by Gasteiger charge is -2.26. The monoisotopic (exact) mass is 486 g/mol. The fourth-order valence-corrected chi connectivity index (χ4v) is 5.11. The molecular weight excluding hydrogens is 460 g/mol. The van der Waals surface area contributed by atoms with Crippen LogP contribution in [0, 0.1) is 0 Å². The predicted octanol–water partition coefficient (Wildman–Crippen LogP) is 1.66. The first-order chi connectivity index (χ1) is 16.4. The highest BCUT2D eigenvalue weighted by molar-refractivity contribution is 7.89. The number of fused-ring (bicyclic) bond motifs is 1. The van der Waals surface area contributed by atoms with Gasteiger partial charge in [0.2, 0.25) is 21.5 Å². The van der Waals surface area contributed by atoms with Crippen LogP contribution in [0.1, 0.15) is 29.3 Å². The molecule has 1 fully saturated rings. The summed E-state index contributed by atoms with van der Waals surface area (Å²) in [5, 5.41) is 3.12. The van der Waals surface area contributed by atoms with E-state index in [1.165, 1.54) is 28.6 Å². The summed E-state index contributed by atoms with van der Waals surface area (Å²) in [6.07, 6.45) is 2.42. The Morgan fingerprint density at radius 2 is 2.03 bits per heavy atom. The number of rotatable bonds is 8. The van der Waals surface area contributed by atoms with Crippen LogP contribution in [0.5, 0.6) is 5.88 Å².